The van der Waals surface area contributed by atoms with Crippen LogP contribution in [0.5, 0.6) is 0 Å². The van der Waals surface area contributed by atoms with Crippen LogP contribution < -0.4 is 16.1 Å². The van der Waals surface area contributed by atoms with Gasteiger partial charge in [-0.25, -0.2) is 4.79 Å². The lowest BCUT2D eigenvalue weighted by Gasteiger charge is -2.37. The topological polar surface area (TPSA) is 67.3 Å². The SMILES string of the molecule is CC1CN(c2[nH]c(=O)n(C)c(=O)c2Cc2ccc(C(C)(C)C)cc2)CC(C)O1. The quantitative estimate of drug-likeness (QED) is 0.882. The molecule has 1 fully saturated rings. The molecule has 1 N–H and O–H groups in total. The number of hydrogen-bond donors (Lipinski definition) is 1. The van der Waals surface area contributed by atoms with Crippen molar-refractivity contribution in [1.29, 1.82) is 0 Å². The van der Waals surface area contributed by atoms with Crippen molar-refractivity contribution in [2.45, 2.75) is 58.7 Å². The van der Waals surface area contributed by atoms with Crippen molar-refractivity contribution in [2.24, 2.45) is 7.05 Å². The number of nitrogens with one attached hydrogen (secondary N) is 1. The van der Waals surface area contributed by atoms with E-state index in [0.717, 1.165) is 10.1 Å². The Morgan fingerprint density at radius 2 is 1.64 bits per heavy atom. The van der Waals surface area contributed by atoms with Gasteiger partial charge in [-0.3, -0.25) is 14.3 Å². The van der Waals surface area contributed by atoms with Crippen LogP contribution in [0.1, 0.15) is 51.3 Å². The highest BCUT2D eigenvalue weighted by Crippen LogP contribution is 2.25. The number of morpholine rings is 1. The minimum absolute atomic E-state index is 0.0372. The van der Waals surface area contributed by atoms with Crippen LogP contribution in [0.4, 0.5) is 5.82 Å². The zero-order chi connectivity index (χ0) is 20.6. The Morgan fingerprint density at radius 3 is 2.18 bits per heavy atom. The van der Waals surface area contributed by atoms with Gasteiger partial charge in [-0.05, 0) is 30.4 Å². The fraction of sp³-hybridized carbons (Fsp3) is 0.545. The molecule has 28 heavy (non-hydrogen) atoms. The number of rotatable bonds is 3. The predicted octanol–water partition coefficient (Wildman–Crippen LogP) is 2.58. The van der Waals surface area contributed by atoms with Gasteiger partial charge in [0.2, 0.25) is 0 Å². The summed E-state index contributed by atoms with van der Waals surface area (Å²) in [7, 11) is 1.52. The highest BCUT2D eigenvalue weighted by molar-refractivity contribution is 5.48. The van der Waals surface area contributed by atoms with Crippen LogP contribution in [-0.4, -0.2) is 34.8 Å². The molecule has 0 radical (unpaired) electrons. The second kappa shape index (κ2) is 7.59. The van der Waals surface area contributed by atoms with E-state index in [-0.39, 0.29) is 23.2 Å². The Kier molecular flexibility index (Phi) is 5.53. The summed E-state index contributed by atoms with van der Waals surface area (Å²) in [5, 5.41) is 0. The fourth-order valence-corrected chi connectivity index (χ4v) is 3.77. The molecule has 2 aromatic rings. The maximum atomic E-state index is 12.9. The van der Waals surface area contributed by atoms with Gasteiger partial charge in [0, 0.05) is 26.6 Å². The Bertz CT molecular complexity index is 941. The van der Waals surface area contributed by atoms with Gasteiger partial charge in [-0.1, -0.05) is 45.0 Å². The van der Waals surface area contributed by atoms with E-state index < -0.39 is 5.69 Å². The minimum atomic E-state index is -0.390. The lowest BCUT2D eigenvalue weighted by molar-refractivity contribution is -0.00553. The number of H-pyrrole nitrogens is 1. The molecule has 0 aliphatic carbocycles. The number of aromatic nitrogens is 2. The maximum absolute atomic E-state index is 12.9. The van der Waals surface area contributed by atoms with Crippen molar-refractivity contribution < 1.29 is 4.74 Å². The second-order valence-corrected chi connectivity index (χ2v) is 8.91. The summed E-state index contributed by atoms with van der Waals surface area (Å²) in [5.74, 6) is 0.620. The van der Waals surface area contributed by atoms with Crippen molar-refractivity contribution >= 4 is 5.82 Å². The Balaban J connectivity index is 2.01. The summed E-state index contributed by atoms with van der Waals surface area (Å²) < 4.78 is 6.96. The number of benzene rings is 1. The Morgan fingerprint density at radius 1 is 1.07 bits per heavy atom. The van der Waals surface area contributed by atoms with Crippen molar-refractivity contribution in [2.75, 3.05) is 18.0 Å². The van der Waals surface area contributed by atoms with Crippen molar-refractivity contribution in [3.8, 4) is 0 Å². The average molecular weight is 386 g/mol. The van der Waals surface area contributed by atoms with Crippen molar-refractivity contribution in [3.05, 3.63) is 61.8 Å². The highest BCUT2D eigenvalue weighted by Gasteiger charge is 2.26. The molecule has 0 spiro atoms. The van der Waals surface area contributed by atoms with E-state index in [2.05, 4.69) is 54.9 Å². The first-order valence-corrected chi connectivity index (χ1v) is 9.88. The zero-order valence-electron chi connectivity index (χ0n) is 17.7. The average Bonchev–Trinajstić information content (AvgIpc) is 2.61. The molecule has 1 aliphatic heterocycles. The fourth-order valence-electron chi connectivity index (χ4n) is 3.77. The summed E-state index contributed by atoms with van der Waals surface area (Å²) in [6, 6.07) is 8.37. The molecule has 1 aromatic carbocycles. The summed E-state index contributed by atoms with van der Waals surface area (Å²) in [5.41, 5.74) is 2.36. The summed E-state index contributed by atoms with van der Waals surface area (Å²) in [6.07, 6.45) is 0.550. The highest BCUT2D eigenvalue weighted by atomic mass is 16.5. The molecule has 0 amide bonds. The number of aromatic amines is 1. The number of ether oxygens (including phenoxy) is 1. The van der Waals surface area contributed by atoms with Crippen molar-refractivity contribution in [3.63, 3.8) is 0 Å². The Hall–Kier alpha value is -2.34. The first-order valence-electron chi connectivity index (χ1n) is 9.88. The molecule has 6 heteroatoms. The van der Waals surface area contributed by atoms with Gasteiger partial charge in [-0.2, -0.15) is 0 Å². The molecule has 152 valence electrons. The Labute approximate surface area is 166 Å². The van der Waals surface area contributed by atoms with Crippen LogP contribution in [-0.2, 0) is 23.6 Å². The van der Waals surface area contributed by atoms with E-state index in [9.17, 15) is 9.59 Å². The first kappa shape index (κ1) is 20.4. The molecule has 2 atom stereocenters. The van der Waals surface area contributed by atoms with E-state index in [4.69, 9.17) is 4.74 Å². The summed E-state index contributed by atoms with van der Waals surface area (Å²) in [4.78, 5) is 30.2. The molecule has 1 aromatic heterocycles. The third-order valence-corrected chi connectivity index (χ3v) is 5.32. The molecular weight excluding hydrogens is 354 g/mol. The van der Waals surface area contributed by atoms with Gasteiger partial charge in [0.1, 0.15) is 5.82 Å². The normalized spacial score (nSPS) is 20.4. The van der Waals surface area contributed by atoms with E-state index in [1.54, 1.807) is 0 Å². The maximum Gasteiger partial charge on any atom is 0.329 e. The number of anilines is 1. The lowest BCUT2D eigenvalue weighted by Crippen LogP contribution is -2.48. The molecular formula is C22H31N3O3. The number of nitrogens with zero attached hydrogens (tertiary/aromatic N) is 2. The predicted molar refractivity (Wildman–Crippen MR) is 112 cm³/mol. The third-order valence-electron chi connectivity index (χ3n) is 5.32. The zero-order valence-corrected chi connectivity index (χ0v) is 17.7. The molecule has 1 aliphatic rings. The standard InChI is InChI=1S/C22H31N3O3/c1-14-12-25(13-15(2)28-14)19-18(20(26)24(6)21(27)23-19)11-16-7-9-17(10-8-16)22(3,4)5/h7-10,14-15H,11-13H2,1-6H3,(H,23,27). The van der Waals surface area contributed by atoms with Crippen LogP contribution in [0.2, 0.25) is 0 Å². The largest absolute Gasteiger partial charge is 0.372 e. The van der Waals surface area contributed by atoms with Crippen LogP contribution >= 0.6 is 0 Å². The van der Waals surface area contributed by atoms with Crippen LogP contribution in [0.3, 0.4) is 0 Å². The lowest BCUT2D eigenvalue weighted by atomic mass is 9.86. The van der Waals surface area contributed by atoms with Crippen molar-refractivity contribution in [1.82, 2.24) is 9.55 Å². The second-order valence-electron chi connectivity index (χ2n) is 8.91. The molecule has 0 saturated carbocycles. The number of hydrogen-bond acceptors (Lipinski definition) is 4. The van der Waals surface area contributed by atoms with Crippen LogP contribution in [0.15, 0.2) is 33.9 Å². The minimum Gasteiger partial charge on any atom is -0.372 e. The van der Waals surface area contributed by atoms with Gasteiger partial charge in [0.25, 0.3) is 5.56 Å². The monoisotopic (exact) mass is 385 g/mol. The molecule has 3 rings (SSSR count). The van der Waals surface area contributed by atoms with Crippen LogP contribution in [0, 0.1) is 0 Å². The third kappa shape index (κ3) is 4.22. The van der Waals surface area contributed by atoms with Gasteiger partial charge in [-0.15, -0.1) is 0 Å². The van der Waals surface area contributed by atoms with Gasteiger partial charge in [0.15, 0.2) is 0 Å². The summed E-state index contributed by atoms with van der Waals surface area (Å²) in [6.45, 7) is 11.8. The molecule has 2 unspecified atom stereocenters. The van der Waals surface area contributed by atoms with Gasteiger partial charge >= 0.3 is 5.69 Å². The van der Waals surface area contributed by atoms with E-state index in [1.807, 2.05) is 13.8 Å². The molecule has 2 heterocycles. The van der Waals surface area contributed by atoms with E-state index >= 15 is 0 Å². The smallest absolute Gasteiger partial charge is 0.329 e. The summed E-state index contributed by atoms with van der Waals surface area (Å²) >= 11 is 0. The molecule has 0 bridgehead atoms. The van der Waals surface area contributed by atoms with Crippen LogP contribution in [0.25, 0.3) is 0 Å². The first-order chi connectivity index (χ1) is 13.1. The van der Waals surface area contributed by atoms with E-state index in [0.29, 0.717) is 30.9 Å². The molecule has 6 nitrogen and oxygen atoms in total. The molecule has 1 saturated heterocycles. The van der Waals surface area contributed by atoms with Gasteiger partial charge in [0.05, 0.1) is 17.8 Å². The van der Waals surface area contributed by atoms with E-state index in [1.165, 1.54) is 12.6 Å². The van der Waals surface area contributed by atoms with Gasteiger partial charge < -0.3 is 9.64 Å².